The van der Waals surface area contributed by atoms with Crippen molar-refractivity contribution < 1.29 is 0 Å². The van der Waals surface area contributed by atoms with Crippen LogP contribution in [-0.4, -0.2) is 18.6 Å². The highest BCUT2D eigenvalue weighted by atomic mass is 79.9. The van der Waals surface area contributed by atoms with E-state index in [0.717, 1.165) is 23.4 Å². The molecule has 1 saturated carbocycles. The first-order valence-corrected chi connectivity index (χ1v) is 8.89. The summed E-state index contributed by atoms with van der Waals surface area (Å²) < 4.78 is 1.06. The Balaban J connectivity index is 2.06. The summed E-state index contributed by atoms with van der Waals surface area (Å²) in [6.07, 6.45) is 8.34. The van der Waals surface area contributed by atoms with Gasteiger partial charge in [0.15, 0.2) is 0 Å². The highest BCUT2D eigenvalue weighted by Crippen LogP contribution is 2.46. The van der Waals surface area contributed by atoms with Gasteiger partial charge in [-0.25, -0.2) is 0 Å². The number of halogens is 1. The number of pyridine rings is 1. The molecule has 2 nitrogen and oxygen atoms in total. The molecule has 1 N–H and O–H groups in total. The van der Waals surface area contributed by atoms with E-state index in [2.05, 4.69) is 66.2 Å². The van der Waals surface area contributed by atoms with E-state index in [1.165, 1.54) is 31.4 Å². The Bertz CT molecular complexity index is 439. The van der Waals surface area contributed by atoms with Gasteiger partial charge in [0.2, 0.25) is 0 Å². The minimum absolute atomic E-state index is 0.386. The largest absolute Gasteiger partial charge is 0.319 e. The molecule has 1 aromatic rings. The van der Waals surface area contributed by atoms with Crippen LogP contribution in [0.15, 0.2) is 22.8 Å². The van der Waals surface area contributed by atoms with Crippen molar-refractivity contribution in [2.75, 3.05) is 13.6 Å². The van der Waals surface area contributed by atoms with Crippen molar-refractivity contribution in [3.05, 3.63) is 28.5 Å². The standard InChI is InChI=1S/C18H29BrN2/c1-17(2,3)14-7-9-18(10-8-14,13-20-4)11-16-6-5-15(19)12-21-16/h5-6,12,14,20H,7-11,13H2,1-4H3. The lowest BCUT2D eigenvalue weighted by atomic mass is 9.62. The molecule has 0 saturated heterocycles. The van der Waals surface area contributed by atoms with Gasteiger partial charge in [-0.2, -0.15) is 0 Å². The lowest BCUT2D eigenvalue weighted by Crippen LogP contribution is -2.40. The zero-order valence-corrected chi connectivity index (χ0v) is 15.5. The molecule has 1 heterocycles. The lowest BCUT2D eigenvalue weighted by Gasteiger charge is -2.44. The number of aromatic nitrogens is 1. The molecule has 118 valence electrons. The van der Waals surface area contributed by atoms with Crippen LogP contribution in [0.4, 0.5) is 0 Å². The van der Waals surface area contributed by atoms with E-state index in [1.807, 2.05) is 6.20 Å². The van der Waals surface area contributed by atoms with Crippen molar-refractivity contribution in [1.82, 2.24) is 10.3 Å². The highest BCUT2D eigenvalue weighted by Gasteiger charge is 2.38. The van der Waals surface area contributed by atoms with Crippen LogP contribution < -0.4 is 5.32 Å². The van der Waals surface area contributed by atoms with Crippen molar-refractivity contribution in [2.24, 2.45) is 16.7 Å². The Morgan fingerprint density at radius 3 is 2.43 bits per heavy atom. The molecule has 1 aliphatic rings. The number of nitrogens with one attached hydrogen (secondary N) is 1. The second kappa shape index (κ2) is 6.78. The van der Waals surface area contributed by atoms with E-state index >= 15 is 0 Å². The van der Waals surface area contributed by atoms with Gasteiger partial charge in [0.05, 0.1) is 0 Å². The molecule has 1 aliphatic carbocycles. The average molecular weight is 353 g/mol. The summed E-state index contributed by atoms with van der Waals surface area (Å²) >= 11 is 3.47. The molecule has 0 amide bonds. The quantitative estimate of drug-likeness (QED) is 0.839. The zero-order chi connectivity index (χ0) is 15.5. The molecule has 0 radical (unpaired) electrons. The molecule has 0 aliphatic heterocycles. The Kier molecular flexibility index (Phi) is 5.48. The fraction of sp³-hybridized carbons (Fsp3) is 0.722. The van der Waals surface area contributed by atoms with Crippen LogP contribution >= 0.6 is 15.9 Å². The minimum Gasteiger partial charge on any atom is -0.319 e. The highest BCUT2D eigenvalue weighted by molar-refractivity contribution is 9.10. The summed E-state index contributed by atoms with van der Waals surface area (Å²) in [7, 11) is 2.08. The van der Waals surface area contributed by atoms with Crippen LogP contribution in [0.3, 0.4) is 0 Å². The van der Waals surface area contributed by atoms with Gasteiger partial charge in [0.25, 0.3) is 0 Å². The topological polar surface area (TPSA) is 24.9 Å². The van der Waals surface area contributed by atoms with Crippen molar-refractivity contribution in [1.29, 1.82) is 0 Å². The van der Waals surface area contributed by atoms with Gasteiger partial charge in [-0.3, -0.25) is 4.98 Å². The SMILES string of the molecule is CNCC1(Cc2ccc(Br)cn2)CCC(C(C)(C)C)CC1. The molecule has 0 spiro atoms. The molecule has 2 rings (SSSR count). The number of rotatable bonds is 4. The van der Waals surface area contributed by atoms with Crippen LogP contribution in [0.2, 0.25) is 0 Å². The average Bonchev–Trinajstić information content (AvgIpc) is 2.41. The van der Waals surface area contributed by atoms with Crippen LogP contribution in [0.25, 0.3) is 0 Å². The second-order valence-corrected chi connectivity index (χ2v) is 8.73. The molecule has 0 bridgehead atoms. The van der Waals surface area contributed by atoms with Crippen LogP contribution in [0, 0.1) is 16.7 Å². The van der Waals surface area contributed by atoms with E-state index in [-0.39, 0.29) is 0 Å². The monoisotopic (exact) mass is 352 g/mol. The Hall–Kier alpha value is -0.410. The minimum atomic E-state index is 0.386. The van der Waals surface area contributed by atoms with Crippen LogP contribution in [0.5, 0.6) is 0 Å². The third-order valence-electron chi connectivity index (χ3n) is 5.17. The third-order valence-corrected chi connectivity index (χ3v) is 5.64. The summed E-state index contributed by atoms with van der Waals surface area (Å²) in [6, 6.07) is 4.27. The number of hydrogen-bond donors (Lipinski definition) is 1. The molecule has 3 heteroatoms. The van der Waals surface area contributed by atoms with Crippen LogP contribution in [0.1, 0.15) is 52.1 Å². The maximum atomic E-state index is 4.59. The van der Waals surface area contributed by atoms with Gasteiger partial charge in [0, 0.05) is 22.9 Å². The van der Waals surface area contributed by atoms with E-state index in [0.29, 0.717) is 10.8 Å². The molecule has 0 atom stereocenters. The lowest BCUT2D eigenvalue weighted by molar-refractivity contribution is 0.0870. The first kappa shape index (κ1) is 17.0. The van der Waals surface area contributed by atoms with Gasteiger partial charge in [-0.05, 0) is 84.0 Å². The van der Waals surface area contributed by atoms with Crippen molar-refractivity contribution in [3.8, 4) is 0 Å². The Morgan fingerprint density at radius 1 is 1.29 bits per heavy atom. The van der Waals surface area contributed by atoms with Gasteiger partial charge in [-0.15, -0.1) is 0 Å². The molecule has 0 aromatic carbocycles. The molecule has 1 aromatic heterocycles. The van der Waals surface area contributed by atoms with Gasteiger partial charge in [0.1, 0.15) is 0 Å². The first-order chi connectivity index (χ1) is 9.85. The van der Waals surface area contributed by atoms with Gasteiger partial charge in [-0.1, -0.05) is 20.8 Å². The van der Waals surface area contributed by atoms with E-state index in [4.69, 9.17) is 0 Å². The number of nitrogens with zero attached hydrogens (tertiary/aromatic N) is 1. The summed E-state index contributed by atoms with van der Waals surface area (Å²) in [6.45, 7) is 8.26. The van der Waals surface area contributed by atoms with Gasteiger partial charge >= 0.3 is 0 Å². The predicted molar refractivity (Wildman–Crippen MR) is 93.4 cm³/mol. The summed E-state index contributed by atoms with van der Waals surface area (Å²) in [4.78, 5) is 4.59. The predicted octanol–water partition coefficient (Wildman–Crippen LogP) is 4.83. The van der Waals surface area contributed by atoms with Crippen molar-refractivity contribution in [3.63, 3.8) is 0 Å². The van der Waals surface area contributed by atoms with E-state index in [9.17, 15) is 0 Å². The van der Waals surface area contributed by atoms with Gasteiger partial charge < -0.3 is 5.32 Å². The molecule has 0 unspecified atom stereocenters. The van der Waals surface area contributed by atoms with Crippen LogP contribution in [-0.2, 0) is 6.42 Å². The molecular weight excluding hydrogens is 324 g/mol. The first-order valence-electron chi connectivity index (χ1n) is 8.10. The molecule has 21 heavy (non-hydrogen) atoms. The van der Waals surface area contributed by atoms with E-state index < -0.39 is 0 Å². The second-order valence-electron chi connectivity index (χ2n) is 7.82. The Labute approximate surface area is 138 Å². The fourth-order valence-electron chi connectivity index (χ4n) is 3.78. The third kappa shape index (κ3) is 4.53. The zero-order valence-electron chi connectivity index (χ0n) is 13.9. The normalized spacial score (nSPS) is 26.8. The summed E-state index contributed by atoms with van der Waals surface area (Å²) in [5.41, 5.74) is 2.06. The summed E-state index contributed by atoms with van der Waals surface area (Å²) in [5.74, 6) is 0.861. The fourth-order valence-corrected chi connectivity index (χ4v) is 4.02. The maximum absolute atomic E-state index is 4.59. The molecule has 1 fully saturated rings. The molecular formula is C18H29BrN2. The Morgan fingerprint density at radius 2 is 1.95 bits per heavy atom. The maximum Gasteiger partial charge on any atom is 0.0413 e. The van der Waals surface area contributed by atoms with Crippen molar-refractivity contribution in [2.45, 2.75) is 52.9 Å². The summed E-state index contributed by atoms with van der Waals surface area (Å²) in [5, 5.41) is 3.43. The number of hydrogen-bond acceptors (Lipinski definition) is 2. The smallest absolute Gasteiger partial charge is 0.0413 e. The van der Waals surface area contributed by atoms with E-state index in [1.54, 1.807) is 0 Å². The van der Waals surface area contributed by atoms with Crippen molar-refractivity contribution >= 4 is 15.9 Å².